The smallest absolute Gasteiger partial charge is 0.133 e. The van der Waals surface area contributed by atoms with E-state index in [1.165, 1.54) is 31.2 Å². The summed E-state index contributed by atoms with van der Waals surface area (Å²) in [5.74, 6) is 1.65. The predicted molar refractivity (Wildman–Crippen MR) is 85.0 cm³/mol. The highest BCUT2D eigenvalue weighted by Gasteiger charge is 2.19. The fourth-order valence-electron chi connectivity index (χ4n) is 2.84. The van der Waals surface area contributed by atoms with Gasteiger partial charge in [0, 0.05) is 13.2 Å². The lowest BCUT2D eigenvalue weighted by molar-refractivity contribution is 0.146. The fourth-order valence-corrected chi connectivity index (χ4v) is 3.35. The molecular formula is C16H24BrNO2. The predicted octanol–water partition coefficient (Wildman–Crippen LogP) is 4.05. The van der Waals surface area contributed by atoms with Gasteiger partial charge in [0.05, 0.1) is 11.1 Å². The highest BCUT2D eigenvalue weighted by Crippen LogP contribution is 2.34. The van der Waals surface area contributed by atoms with E-state index in [0.717, 1.165) is 22.6 Å². The first-order valence-electron chi connectivity index (χ1n) is 7.37. The zero-order chi connectivity index (χ0) is 14.4. The van der Waals surface area contributed by atoms with E-state index in [9.17, 15) is 0 Å². The molecule has 1 atom stereocenters. The second-order valence-corrected chi connectivity index (χ2v) is 6.38. The molecule has 1 aliphatic rings. The number of hydrogen-bond acceptors (Lipinski definition) is 3. The number of benzene rings is 1. The molecule has 1 aromatic rings. The summed E-state index contributed by atoms with van der Waals surface area (Å²) in [5, 5.41) is 0. The Bertz CT molecular complexity index is 419. The Morgan fingerprint density at radius 2 is 2.05 bits per heavy atom. The van der Waals surface area contributed by atoms with E-state index >= 15 is 0 Å². The van der Waals surface area contributed by atoms with Crippen LogP contribution in [0.2, 0.25) is 0 Å². The van der Waals surface area contributed by atoms with Gasteiger partial charge in [-0.1, -0.05) is 31.7 Å². The molecule has 0 bridgehead atoms. The first-order valence-corrected chi connectivity index (χ1v) is 8.16. The molecule has 0 heterocycles. The third-order valence-electron chi connectivity index (χ3n) is 3.99. The molecule has 112 valence electrons. The lowest BCUT2D eigenvalue weighted by Gasteiger charge is -2.18. The Kier molecular flexibility index (Phi) is 6.33. The van der Waals surface area contributed by atoms with Crippen molar-refractivity contribution >= 4 is 15.9 Å². The van der Waals surface area contributed by atoms with Crippen molar-refractivity contribution in [2.24, 2.45) is 11.7 Å². The van der Waals surface area contributed by atoms with E-state index in [1.54, 1.807) is 7.11 Å². The van der Waals surface area contributed by atoms with E-state index in [1.807, 2.05) is 6.07 Å². The average molecular weight is 342 g/mol. The molecule has 20 heavy (non-hydrogen) atoms. The summed E-state index contributed by atoms with van der Waals surface area (Å²) in [6.07, 6.45) is 6.51. The average Bonchev–Trinajstić information content (AvgIpc) is 2.93. The van der Waals surface area contributed by atoms with Crippen LogP contribution in [0.5, 0.6) is 5.75 Å². The molecule has 0 amide bonds. The Morgan fingerprint density at radius 3 is 2.70 bits per heavy atom. The van der Waals surface area contributed by atoms with Crippen LogP contribution in [0.1, 0.15) is 43.7 Å². The monoisotopic (exact) mass is 341 g/mol. The Balaban J connectivity index is 1.92. The van der Waals surface area contributed by atoms with Crippen molar-refractivity contribution < 1.29 is 9.47 Å². The van der Waals surface area contributed by atoms with Crippen molar-refractivity contribution in [1.29, 1.82) is 0 Å². The number of nitrogens with two attached hydrogens (primary N) is 1. The molecule has 1 aliphatic carbocycles. The highest BCUT2D eigenvalue weighted by molar-refractivity contribution is 9.10. The largest absolute Gasteiger partial charge is 0.490 e. The Labute approximate surface area is 130 Å². The molecule has 1 aromatic carbocycles. The van der Waals surface area contributed by atoms with Gasteiger partial charge in [-0.15, -0.1) is 0 Å². The van der Waals surface area contributed by atoms with Crippen LogP contribution in [0.15, 0.2) is 22.7 Å². The number of rotatable bonds is 7. The van der Waals surface area contributed by atoms with Gasteiger partial charge < -0.3 is 15.2 Å². The molecule has 2 N–H and O–H groups in total. The molecule has 0 aromatic heterocycles. The summed E-state index contributed by atoms with van der Waals surface area (Å²) in [5.41, 5.74) is 7.52. The molecule has 0 radical (unpaired) electrons. The standard InChI is InChI=1S/C16H24BrNO2/c1-19-8-9-20-16-7-6-13(11-14(16)17)15(18)10-12-4-2-3-5-12/h6-7,11-12,15H,2-5,8-10,18H2,1H3. The van der Waals surface area contributed by atoms with Crippen molar-refractivity contribution in [3.05, 3.63) is 28.2 Å². The van der Waals surface area contributed by atoms with Crippen LogP contribution in [0, 0.1) is 5.92 Å². The van der Waals surface area contributed by atoms with Gasteiger partial charge in [0.1, 0.15) is 12.4 Å². The van der Waals surface area contributed by atoms with Gasteiger partial charge in [-0.25, -0.2) is 0 Å². The quantitative estimate of drug-likeness (QED) is 0.760. The molecule has 3 nitrogen and oxygen atoms in total. The van der Waals surface area contributed by atoms with Gasteiger partial charge in [-0.3, -0.25) is 0 Å². The molecule has 0 saturated heterocycles. The second kappa shape index (κ2) is 8.01. The number of hydrogen-bond donors (Lipinski definition) is 1. The van der Waals surface area contributed by atoms with Crippen LogP contribution in [0.3, 0.4) is 0 Å². The van der Waals surface area contributed by atoms with Crippen molar-refractivity contribution in [3.8, 4) is 5.75 Å². The SMILES string of the molecule is COCCOc1ccc(C(N)CC2CCCC2)cc1Br. The minimum atomic E-state index is 0.127. The lowest BCUT2D eigenvalue weighted by Crippen LogP contribution is -2.14. The van der Waals surface area contributed by atoms with Crippen LogP contribution in [0.25, 0.3) is 0 Å². The third kappa shape index (κ3) is 4.47. The zero-order valence-electron chi connectivity index (χ0n) is 12.1. The van der Waals surface area contributed by atoms with Gasteiger partial charge in [-0.05, 0) is 46.0 Å². The summed E-state index contributed by atoms with van der Waals surface area (Å²) in [6.45, 7) is 1.15. The Hall–Kier alpha value is -0.580. The normalized spacial score (nSPS) is 17.4. The summed E-state index contributed by atoms with van der Waals surface area (Å²) >= 11 is 3.56. The molecular weight excluding hydrogens is 318 g/mol. The molecule has 0 spiro atoms. The van der Waals surface area contributed by atoms with Crippen molar-refractivity contribution in [3.63, 3.8) is 0 Å². The van der Waals surface area contributed by atoms with Crippen molar-refractivity contribution in [2.45, 2.75) is 38.1 Å². The van der Waals surface area contributed by atoms with Crippen molar-refractivity contribution in [2.75, 3.05) is 20.3 Å². The van der Waals surface area contributed by atoms with Gasteiger partial charge in [-0.2, -0.15) is 0 Å². The van der Waals surface area contributed by atoms with E-state index in [0.29, 0.717) is 13.2 Å². The maximum Gasteiger partial charge on any atom is 0.133 e. The number of ether oxygens (including phenoxy) is 2. The van der Waals surface area contributed by atoms with Crippen LogP contribution < -0.4 is 10.5 Å². The molecule has 1 saturated carbocycles. The van der Waals surface area contributed by atoms with Crippen LogP contribution in [-0.2, 0) is 4.74 Å². The summed E-state index contributed by atoms with van der Waals surface area (Å²) < 4.78 is 11.6. The van der Waals surface area contributed by atoms with E-state index in [4.69, 9.17) is 15.2 Å². The van der Waals surface area contributed by atoms with Crippen LogP contribution in [-0.4, -0.2) is 20.3 Å². The van der Waals surface area contributed by atoms with Crippen LogP contribution in [0.4, 0.5) is 0 Å². The first kappa shape index (κ1) is 15.8. The second-order valence-electron chi connectivity index (χ2n) is 5.52. The van der Waals surface area contributed by atoms with E-state index < -0.39 is 0 Å². The maximum absolute atomic E-state index is 6.33. The van der Waals surface area contributed by atoms with Gasteiger partial charge in [0.25, 0.3) is 0 Å². The Morgan fingerprint density at radius 1 is 1.30 bits per heavy atom. The van der Waals surface area contributed by atoms with Crippen molar-refractivity contribution in [1.82, 2.24) is 0 Å². The highest BCUT2D eigenvalue weighted by atomic mass is 79.9. The maximum atomic E-state index is 6.33. The number of methoxy groups -OCH3 is 1. The summed E-state index contributed by atoms with van der Waals surface area (Å²) in [7, 11) is 1.67. The topological polar surface area (TPSA) is 44.5 Å². The molecule has 4 heteroatoms. The van der Waals surface area contributed by atoms with E-state index in [-0.39, 0.29) is 6.04 Å². The molecule has 0 aliphatic heterocycles. The van der Waals surface area contributed by atoms with Gasteiger partial charge >= 0.3 is 0 Å². The molecule has 1 fully saturated rings. The summed E-state index contributed by atoms with van der Waals surface area (Å²) in [6, 6.07) is 6.28. The third-order valence-corrected chi connectivity index (χ3v) is 4.61. The minimum Gasteiger partial charge on any atom is -0.490 e. The fraction of sp³-hybridized carbons (Fsp3) is 0.625. The van der Waals surface area contributed by atoms with E-state index in [2.05, 4.69) is 28.1 Å². The number of halogens is 1. The minimum absolute atomic E-state index is 0.127. The molecule has 2 rings (SSSR count). The molecule has 1 unspecified atom stereocenters. The van der Waals surface area contributed by atoms with Gasteiger partial charge in [0.2, 0.25) is 0 Å². The van der Waals surface area contributed by atoms with Gasteiger partial charge in [0.15, 0.2) is 0 Å². The lowest BCUT2D eigenvalue weighted by atomic mass is 9.94. The van der Waals surface area contributed by atoms with Crippen LogP contribution >= 0.6 is 15.9 Å². The first-order chi connectivity index (χ1) is 9.70. The summed E-state index contributed by atoms with van der Waals surface area (Å²) in [4.78, 5) is 0. The zero-order valence-corrected chi connectivity index (χ0v) is 13.7.